The molecule has 0 saturated heterocycles. The predicted octanol–water partition coefficient (Wildman–Crippen LogP) is 1.53. The zero-order valence-corrected chi connectivity index (χ0v) is 9.16. The molecular formula is C11H17NO3. The molecule has 4 heteroatoms. The SMILES string of the molecule is COc1ccc(CCCON)cc1OC. The average Bonchev–Trinajstić information content (AvgIpc) is 2.29. The number of hydrogen-bond donors (Lipinski definition) is 1. The first-order valence-electron chi connectivity index (χ1n) is 4.84. The van der Waals surface area contributed by atoms with E-state index in [4.69, 9.17) is 15.4 Å². The van der Waals surface area contributed by atoms with E-state index in [0.29, 0.717) is 6.61 Å². The van der Waals surface area contributed by atoms with Crippen LogP contribution in [0, 0.1) is 0 Å². The van der Waals surface area contributed by atoms with Crippen molar-refractivity contribution in [2.24, 2.45) is 5.90 Å². The topological polar surface area (TPSA) is 53.7 Å². The van der Waals surface area contributed by atoms with Gasteiger partial charge in [-0.1, -0.05) is 6.07 Å². The van der Waals surface area contributed by atoms with Crippen LogP contribution >= 0.6 is 0 Å². The van der Waals surface area contributed by atoms with Crippen molar-refractivity contribution >= 4 is 0 Å². The zero-order valence-electron chi connectivity index (χ0n) is 9.16. The Bertz CT molecular complexity index is 302. The third kappa shape index (κ3) is 3.42. The van der Waals surface area contributed by atoms with Crippen LogP contribution in [0.2, 0.25) is 0 Å². The molecule has 0 atom stereocenters. The smallest absolute Gasteiger partial charge is 0.160 e. The Hall–Kier alpha value is -1.26. The van der Waals surface area contributed by atoms with Crippen LogP contribution in [0.25, 0.3) is 0 Å². The van der Waals surface area contributed by atoms with Crippen molar-refractivity contribution in [2.45, 2.75) is 12.8 Å². The molecule has 1 rings (SSSR count). The summed E-state index contributed by atoms with van der Waals surface area (Å²) >= 11 is 0. The first-order valence-corrected chi connectivity index (χ1v) is 4.84. The van der Waals surface area contributed by atoms with Gasteiger partial charge in [0, 0.05) is 0 Å². The zero-order chi connectivity index (χ0) is 11.1. The summed E-state index contributed by atoms with van der Waals surface area (Å²) in [7, 11) is 3.25. The van der Waals surface area contributed by atoms with Crippen LogP contribution in [0.5, 0.6) is 11.5 Å². The normalized spacial score (nSPS) is 10.1. The average molecular weight is 211 g/mol. The first-order chi connectivity index (χ1) is 7.31. The second-order valence-corrected chi connectivity index (χ2v) is 3.16. The van der Waals surface area contributed by atoms with Crippen LogP contribution in [0.4, 0.5) is 0 Å². The third-order valence-electron chi connectivity index (χ3n) is 2.18. The Labute approximate surface area is 89.9 Å². The number of rotatable bonds is 6. The minimum Gasteiger partial charge on any atom is -0.493 e. The highest BCUT2D eigenvalue weighted by atomic mass is 16.6. The second kappa shape index (κ2) is 6.27. The van der Waals surface area contributed by atoms with E-state index in [1.165, 1.54) is 5.56 Å². The van der Waals surface area contributed by atoms with E-state index < -0.39 is 0 Å². The number of aryl methyl sites for hydroxylation is 1. The van der Waals surface area contributed by atoms with Crippen LogP contribution in [-0.2, 0) is 11.3 Å². The van der Waals surface area contributed by atoms with Crippen LogP contribution in [-0.4, -0.2) is 20.8 Å². The minimum absolute atomic E-state index is 0.564. The third-order valence-corrected chi connectivity index (χ3v) is 2.18. The Balaban J connectivity index is 2.66. The lowest BCUT2D eigenvalue weighted by molar-refractivity contribution is 0.135. The molecule has 0 spiro atoms. The molecule has 0 aliphatic heterocycles. The van der Waals surface area contributed by atoms with Crippen molar-refractivity contribution < 1.29 is 14.3 Å². The summed E-state index contributed by atoms with van der Waals surface area (Å²) in [5.74, 6) is 6.45. The molecule has 84 valence electrons. The number of nitrogens with two attached hydrogens (primary N) is 1. The Kier molecular flexibility index (Phi) is 4.93. The van der Waals surface area contributed by atoms with Gasteiger partial charge in [-0.15, -0.1) is 0 Å². The molecule has 0 bridgehead atoms. The van der Waals surface area contributed by atoms with Crippen LogP contribution in [0.1, 0.15) is 12.0 Å². The Morgan fingerprint density at radius 1 is 1.13 bits per heavy atom. The molecule has 0 radical (unpaired) electrons. The lowest BCUT2D eigenvalue weighted by atomic mass is 10.1. The van der Waals surface area contributed by atoms with Crippen molar-refractivity contribution in [1.82, 2.24) is 0 Å². The highest BCUT2D eigenvalue weighted by molar-refractivity contribution is 5.42. The molecular weight excluding hydrogens is 194 g/mol. The van der Waals surface area contributed by atoms with E-state index in [0.717, 1.165) is 24.3 Å². The molecule has 15 heavy (non-hydrogen) atoms. The van der Waals surface area contributed by atoms with Gasteiger partial charge in [-0.05, 0) is 30.5 Å². The molecule has 0 aromatic heterocycles. The molecule has 0 aliphatic rings. The molecule has 0 heterocycles. The number of ether oxygens (including phenoxy) is 2. The van der Waals surface area contributed by atoms with Gasteiger partial charge in [0.2, 0.25) is 0 Å². The lowest BCUT2D eigenvalue weighted by Crippen LogP contribution is -2.02. The van der Waals surface area contributed by atoms with E-state index in [1.54, 1.807) is 14.2 Å². The van der Waals surface area contributed by atoms with Gasteiger partial charge < -0.3 is 14.3 Å². The lowest BCUT2D eigenvalue weighted by Gasteiger charge is -2.09. The highest BCUT2D eigenvalue weighted by Gasteiger charge is 2.03. The second-order valence-electron chi connectivity index (χ2n) is 3.16. The number of methoxy groups -OCH3 is 2. The summed E-state index contributed by atoms with van der Waals surface area (Å²) in [5.41, 5.74) is 1.18. The van der Waals surface area contributed by atoms with E-state index in [-0.39, 0.29) is 0 Å². The van der Waals surface area contributed by atoms with Gasteiger partial charge in [-0.25, -0.2) is 5.90 Å². The molecule has 0 aliphatic carbocycles. The van der Waals surface area contributed by atoms with E-state index >= 15 is 0 Å². The molecule has 0 fully saturated rings. The highest BCUT2D eigenvalue weighted by Crippen LogP contribution is 2.27. The van der Waals surface area contributed by atoms with Crippen molar-refractivity contribution in [3.8, 4) is 11.5 Å². The standard InChI is InChI=1S/C11H17NO3/c1-13-10-6-5-9(4-3-7-15-12)8-11(10)14-2/h5-6,8H,3-4,7,12H2,1-2H3. The van der Waals surface area contributed by atoms with Gasteiger partial charge in [-0.2, -0.15) is 0 Å². The summed E-state index contributed by atoms with van der Waals surface area (Å²) in [6, 6.07) is 5.88. The largest absolute Gasteiger partial charge is 0.493 e. The van der Waals surface area contributed by atoms with E-state index in [2.05, 4.69) is 4.84 Å². The van der Waals surface area contributed by atoms with E-state index in [1.807, 2.05) is 18.2 Å². The van der Waals surface area contributed by atoms with Crippen molar-refractivity contribution in [2.75, 3.05) is 20.8 Å². The Morgan fingerprint density at radius 3 is 2.47 bits per heavy atom. The number of hydrogen-bond acceptors (Lipinski definition) is 4. The van der Waals surface area contributed by atoms with Crippen LogP contribution in [0.3, 0.4) is 0 Å². The summed E-state index contributed by atoms with van der Waals surface area (Å²) in [6.07, 6.45) is 1.81. The molecule has 2 N–H and O–H groups in total. The molecule has 1 aromatic rings. The maximum absolute atomic E-state index is 5.20. The summed E-state index contributed by atoms with van der Waals surface area (Å²) in [5, 5.41) is 0. The van der Waals surface area contributed by atoms with E-state index in [9.17, 15) is 0 Å². The first kappa shape index (κ1) is 11.8. The van der Waals surface area contributed by atoms with Crippen molar-refractivity contribution in [1.29, 1.82) is 0 Å². The van der Waals surface area contributed by atoms with Gasteiger partial charge in [0.1, 0.15) is 0 Å². The monoisotopic (exact) mass is 211 g/mol. The molecule has 0 saturated carbocycles. The maximum atomic E-state index is 5.20. The molecule has 1 aromatic carbocycles. The van der Waals surface area contributed by atoms with Gasteiger partial charge in [0.15, 0.2) is 11.5 Å². The predicted molar refractivity (Wildman–Crippen MR) is 58.0 cm³/mol. The van der Waals surface area contributed by atoms with Crippen LogP contribution < -0.4 is 15.4 Å². The summed E-state index contributed by atoms with van der Waals surface area (Å²) < 4.78 is 10.3. The summed E-state index contributed by atoms with van der Waals surface area (Å²) in [6.45, 7) is 0.564. The van der Waals surface area contributed by atoms with Crippen molar-refractivity contribution in [3.63, 3.8) is 0 Å². The fourth-order valence-corrected chi connectivity index (χ4v) is 1.40. The van der Waals surface area contributed by atoms with Crippen LogP contribution in [0.15, 0.2) is 18.2 Å². The fraction of sp³-hybridized carbons (Fsp3) is 0.455. The van der Waals surface area contributed by atoms with Gasteiger partial charge in [-0.3, -0.25) is 0 Å². The van der Waals surface area contributed by atoms with Gasteiger partial charge >= 0.3 is 0 Å². The van der Waals surface area contributed by atoms with Gasteiger partial charge in [0.25, 0.3) is 0 Å². The minimum atomic E-state index is 0.564. The maximum Gasteiger partial charge on any atom is 0.160 e. The Morgan fingerprint density at radius 2 is 1.87 bits per heavy atom. The molecule has 0 amide bonds. The fourth-order valence-electron chi connectivity index (χ4n) is 1.40. The van der Waals surface area contributed by atoms with Crippen molar-refractivity contribution in [3.05, 3.63) is 23.8 Å². The quantitative estimate of drug-likeness (QED) is 0.572. The van der Waals surface area contributed by atoms with Gasteiger partial charge in [0.05, 0.1) is 20.8 Å². The molecule has 0 unspecified atom stereocenters. The number of benzene rings is 1. The molecule has 4 nitrogen and oxygen atoms in total. The summed E-state index contributed by atoms with van der Waals surface area (Å²) in [4.78, 5) is 4.51.